The van der Waals surface area contributed by atoms with Crippen LogP contribution in [0, 0.1) is 18.8 Å². The number of amides is 1. The number of nitrogens with zero attached hydrogens (tertiary/aromatic N) is 1. The maximum atomic E-state index is 13.3. The van der Waals surface area contributed by atoms with Crippen LogP contribution in [-0.4, -0.2) is 41.5 Å². The number of aryl methyl sites for hydroxylation is 1. The van der Waals surface area contributed by atoms with Crippen LogP contribution in [0.2, 0.25) is 0 Å². The second kappa shape index (κ2) is 6.05. The van der Waals surface area contributed by atoms with Gasteiger partial charge in [0.1, 0.15) is 0 Å². The predicted molar refractivity (Wildman–Crippen MR) is 99.5 cm³/mol. The van der Waals surface area contributed by atoms with Crippen LogP contribution in [0.4, 0.5) is 5.69 Å². The average Bonchev–Trinajstić information content (AvgIpc) is 2.88. The van der Waals surface area contributed by atoms with Gasteiger partial charge in [0, 0.05) is 35.5 Å². The normalized spacial score (nSPS) is 31.9. The Labute approximate surface area is 157 Å². The summed E-state index contributed by atoms with van der Waals surface area (Å²) in [5.74, 6) is -0.604. The number of anilines is 1. The minimum absolute atomic E-state index is 0.0472. The van der Waals surface area contributed by atoms with Gasteiger partial charge in [-0.05, 0) is 54.8 Å². The van der Waals surface area contributed by atoms with E-state index in [2.05, 4.69) is 15.9 Å². The lowest BCUT2D eigenvalue weighted by Gasteiger charge is -2.34. The van der Waals surface area contributed by atoms with Gasteiger partial charge < -0.3 is 19.8 Å². The van der Waals surface area contributed by atoms with E-state index in [-0.39, 0.29) is 30.5 Å². The van der Waals surface area contributed by atoms with Crippen LogP contribution >= 0.6 is 15.9 Å². The summed E-state index contributed by atoms with van der Waals surface area (Å²) in [4.78, 5) is 15.0. The maximum Gasteiger partial charge on any atom is 0.264 e. The molecule has 0 saturated carbocycles. The fourth-order valence-electron chi connectivity index (χ4n) is 4.81. The standard InChI is InChI=1S/C19H26BrNO4/c1-10-8-12-16(13(20)9-10)21(5)17(23)19(12)11(2)15(18(3,4)24)14(25-19)6-7-22/h8-9,11,14-15,22,24H,6-7H2,1-5H3/t11-,14+,15-,19+/m1/s1. The van der Waals surface area contributed by atoms with Gasteiger partial charge in [-0.25, -0.2) is 0 Å². The smallest absolute Gasteiger partial charge is 0.264 e. The summed E-state index contributed by atoms with van der Waals surface area (Å²) < 4.78 is 7.25. The van der Waals surface area contributed by atoms with Gasteiger partial charge in [-0.3, -0.25) is 4.79 Å². The van der Waals surface area contributed by atoms with E-state index in [1.807, 2.05) is 26.0 Å². The summed E-state index contributed by atoms with van der Waals surface area (Å²) in [6.45, 7) is 7.40. The van der Waals surface area contributed by atoms with Crippen molar-refractivity contribution in [2.45, 2.75) is 51.4 Å². The van der Waals surface area contributed by atoms with Gasteiger partial charge in [0.2, 0.25) is 0 Å². The lowest BCUT2D eigenvalue weighted by atomic mass is 9.71. The Morgan fingerprint density at radius 3 is 2.60 bits per heavy atom. The van der Waals surface area contributed by atoms with Crippen molar-refractivity contribution in [3.05, 3.63) is 27.7 Å². The van der Waals surface area contributed by atoms with Crippen molar-refractivity contribution in [2.75, 3.05) is 18.6 Å². The number of fused-ring (bicyclic) bond motifs is 2. The molecule has 1 amide bonds. The Bertz CT molecular complexity index is 714. The highest BCUT2D eigenvalue weighted by molar-refractivity contribution is 9.10. The Morgan fingerprint density at radius 2 is 2.04 bits per heavy atom. The van der Waals surface area contributed by atoms with Crippen LogP contribution in [0.15, 0.2) is 16.6 Å². The minimum Gasteiger partial charge on any atom is -0.396 e. The average molecular weight is 412 g/mol. The molecule has 25 heavy (non-hydrogen) atoms. The predicted octanol–water partition coefficient (Wildman–Crippen LogP) is 2.73. The third-order valence-corrected chi connectivity index (χ3v) is 6.32. The SMILES string of the molecule is Cc1cc(Br)c2c(c1)[C@]1(O[C@@H](CCO)[C@H](C(C)(C)O)[C@H]1C)C(=O)N2C. The van der Waals surface area contributed by atoms with Crippen LogP contribution in [0.3, 0.4) is 0 Å². The first-order valence-electron chi connectivity index (χ1n) is 8.65. The zero-order valence-electron chi connectivity index (χ0n) is 15.3. The van der Waals surface area contributed by atoms with E-state index in [9.17, 15) is 15.0 Å². The van der Waals surface area contributed by atoms with Gasteiger partial charge in [0.15, 0.2) is 5.60 Å². The molecule has 2 heterocycles. The van der Waals surface area contributed by atoms with E-state index in [1.165, 1.54) is 0 Å². The molecule has 5 nitrogen and oxygen atoms in total. The zero-order chi connectivity index (χ0) is 18.7. The summed E-state index contributed by atoms with van der Waals surface area (Å²) in [5, 5.41) is 20.2. The van der Waals surface area contributed by atoms with Crippen LogP contribution < -0.4 is 4.90 Å². The lowest BCUT2D eigenvalue weighted by molar-refractivity contribution is -0.146. The number of benzene rings is 1. The van der Waals surface area contributed by atoms with E-state index in [1.54, 1.807) is 25.8 Å². The summed E-state index contributed by atoms with van der Waals surface area (Å²) in [5.41, 5.74) is 0.555. The Balaban J connectivity index is 2.22. The molecule has 1 fully saturated rings. The van der Waals surface area contributed by atoms with Crippen molar-refractivity contribution < 1.29 is 19.7 Å². The van der Waals surface area contributed by atoms with Crippen LogP contribution in [-0.2, 0) is 15.1 Å². The first-order valence-corrected chi connectivity index (χ1v) is 9.44. The molecule has 0 radical (unpaired) electrons. The first-order chi connectivity index (χ1) is 11.6. The highest BCUT2D eigenvalue weighted by Gasteiger charge is 2.65. The fourth-order valence-corrected chi connectivity index (χ4v) is 5.65. The highest BCUT2D eigenvalue weighted by Crippen LogP contribution is 2.58. The molecular formula is C19H26BrNO4. The van der Waals surface area contributed by atoms with Crippen molar-refractivity contribution in [3.63, 3.8) is 0 Å². The largest absolute Gasteiger partial charge is 0.396 e. The third-order valence-electron chi connectivity index (χ3n) is 5.71. The third kappa shape index (κ3) is 2.57. The molecular weight excluding hydrogens is 386 g/mol. The van der Waals surface area contributed by atoms with E-state index in [0.717, 1.165) is 21.3 Å². The Morgan fingerprint density at radius 1 is 1.40 bits per heavy atom. The number of ether oxygens (including phenoxy) is 1. The van der Waals surface area contributed by atoms with Gasteiger partial charge >= 0.3 is 0 Å². The molecule has 4 atom stereocenters. The molecule has 0 unspecified atom stereocenters. The number of carbonyl (C=O) groups excluding carboxylic acids is 1. The van der Waals surface area contributed by atoms with E-state index >= 15 is 0 Å². The molecule has 2 N–H and O–H groups in total. The molecule has 1 aromatic carbocycles. The summed E-state index contributed by atoms with van der Waals surface area (Å²) in [6.07, 6.45) is 0.00246. The Hall–Kier alpha value is -0.950. The van der Waals surface area contributed by atoms with Crippen LogP contribution in [0.5, 0.6) is 0 Å². The van der Waals surface area contributed by atoms with E-state index in [0.29, 0.717) is 6.42 Å². The molecule has 2 aliphatic heterocycles. The number of aliphatic hydroxyl groups excluding tert-OH is 1. The molecule has 0 bridgehead atoms. The quantitative estimate of drug-likeness (QED) is 0.801. The molecule has 1 aromatic rings. The summed E-state index contributed by atoms with van der Waals surface area (Å²) in [6, 6.07) is 3.99. The van der Waals surface area contributed by atoms with Crippen molar-refractivity contribution in [1.82, 2.24) is 0 Å². The minimum atomic E-state index is -1.12. The molecule has 138 valence electrons. The molecule has 0 aromatic heterocycles. The van der Waals surface area contributed by atoms with Crippen molar-refractivity contribution in [1.29, 1.82) is 0 Å². The number of likely N-dealkylation sites (N-methyl/N-ethyl adjacent to an activating group) is 1. The molecule has 6 heteroatoms. The molecule has 3 rings (SSSR count). The second-order valence-electron chi connectivity index (χ2n) is 7.88. The first kappa shape index (κ1) is 18.8. The number of aliphatic hydroxyl groups is 2. The van der Waals surface area contributed by atoms with Crippen LogP contribution in [0.1, 0.15) is 38.3 Å². The lowest BCUT2D eigenvalue weighted by Crippen LogP contribution is -2.45. The molecule has 1 saturated heterocycles. The second-order valence-corrected chi connectivity index (χ2v) is 8.73. The van der Waals surface area contributed by atoms with Gasteiger partial charge in [-0.1, -0.05) is 13.0 Å². The van der Waals surface area contributed by atoms with Crippen LogP contribution in [0.25, 0.3) is 0 Å². The van der Waals surface area contributed by atoms with Crippen molar-refractivity contribution in [2.24, 2.45) is 11.8 Å². The summed E-state index contributed by atoms with van der Waals surface area (Å²) >= 11 is 3.58. The number of hydrogen-bond acceptors (Lipinski definition) is 4. The number of carbonyl (C=O) groups is 1. The highest BCUT2D eigenvalue weighted by atomic mass is 79.9. The zero-order valence-corrected chi connectivity index (χ0v) is 16.9. The number of rotatable bonds is 3. The topological polar surface area (TPSA) is 70.0 Å². The summed E-state index contributed by atoms with van der Waals surface area (Å²) in [7, 11) is 1.75. The number of halogens is 1. The maximum absolute atomic E-state index is 13.3. The van der Waals surface area contributed by atoms with E-state index in [4.69, 9.17) is 4.74 Å². The monoisotopic (exact) mass is 411 g/mol. The molecule has 1 spiro atoms. The van der Waals surface area contributed by atoms with Gasteiger partial charge in [0.25, 0.3) is 5.91 Å². The molecule has 0 aliphatic carbocycles. The van der Waals surface area contributed by atoms with Gasteiger partial charge in [0.05, 0.1) is 17.4 Å². The Kier molecular flexibility index (Phi) is 4.55. The van der Waals surface area contributed by atoms with Gasteiger partial charge in [-0.2, -0.15) is 0 Å². The molecule has 2 aliphatic rings. The van der Waals surface area contributed by atoms with Crippen molar-refractivity contribution >= 4 is 27.5 Å². The van der Waals surface area contributed by atoms with Crippen molar-refractivity contribution in [3.8, 4) is 0 Å². The number of hydrogen-bond donors (Lipinski definition) is 2. The fraction of sp³-hybridized carbons (Fsp3) is 0.632. The van der Waals surface area contributed by atoms with E-state index < -0.39 is 11.2 Å². The van der Waals surface area contributed by atoms with Gasteiger partial charge in [-0.15, -0.1) is 0 Å².